The predicted octanol–water partition coefficient (Wildman–Crippen LogP) is 5.24. The van der Waals surface area contributed by atoms with E-state index >= 15 is 0 Å². The summed E-state index contributed by atoms with van der Waals surface area (Å²) in [5.41, 5.74) is -0.346. The highest BCUT2D eigenvalue weighted by Gasteiger charge is 2.63. The number of allylic oxidation sites excluding steroid dienone is 4. The van der Waals surface area contributed by atoms with Crippen LogP contribution < -0.4 is 0 Å². The first-order valence-corrected chi connectivity index (χ1v) is 15.0. The zero-order valence-electron chi connectivity index (χ0n) is 25.0. The average molecular weight is 545 g/mol. The molecule has 39 heavy (non-hydrogen) atoms. The van der Waals surface area contributed by atoms with Crippen molar-refractivity contribution in [3.8, 4) is 0 Å². The minimum absolute atomic E-state index is 0.150. The number of hydrogen-bond donors (Lipinski definition) is 4. The fourth-order valence-corrected chi connectivity index (χ4v) is 9.19. The van der Waals surface area contributed by atoms with E-state index < -0.39 is 23.4 Å². The van der Waals surface area contributed by atoms with Gasteiger partial charge in [0.15, 0.2) is 0 Å². The van der Waals surface area contributed by atoms with Gasteiger partial charge in [0.1, 0.15) is 11.9 Å². The molecule has 0 amide bonds. The lowest BCUT2D eigenvalue weighted by molar-refractivity contribution is -0.156. The maximum Gasteiger partial charge on any atom is 0.144 e. The molecule has 0 heterocycles. The summed E-state index contributed by atoms with van der Waals surface area (Å²) in [5.74, 6) is 0.337. The van der Waals surface area contributed by atoms with E-state index in [1.807, 2.05) is 6.08 Å². The molecule has 4 N–H and O–H groups in total. The number of ketones is 1. The van der Waals surface area contributed by atoms with Crippen molar-refractivity contribution in [1.29, 1.82) is 0 Å². The van der Waals surface area contributed by atoms with Gasteiger partial charge in [-0.1, -0.05) is 37.6 Å². The topological polar surface area (TPSA) is 107 Å². The smallest absolute Gasteiger partial charge is 0.144 e. The van der Waals surface area contributed by atoms with Crippen LogP contribution in [0.5, 0.6) is 0 Å². The van der Waals surface area contributed by atoms with Crippen LogP contribution in [0.15, 0.2) is 36.1 Å². The molecule has 6 nitrogen and oxygen atoms in total. The Labute approximate surface area is 235 Å². The normalized spacial score (nSPS) is 40.7. The average Bonchev–Trinajstić information content (AvgIpc) is 3.18. The molecular weight excluding hydrogens is 492 g/mol. The Morgan fingerprint density at radius 3 is 2.46 bits per heavy atom. The molecule has 0 aromatic rings. The van der Waals surface area contributed by atoms with E-state index in [1.165, 1.54) is 11.1 Å². The van der Waals surface area contributed by atoms with Gasteiger partial charge in [-0.25, -0.2) is 0 Å². The van der Waals surface area contributed by atoms with Crippen molar-refractivity contribution in [1.82, 2.24) is 0 Å². The molecule has 0 bridgehead atoms. The van der Waals surface area contributed by atoms with E-state index in [2.05, 4.69) is 27.0 Å². The predicted molar refractivity (Wildman–Crippen MR) is 153 cm³/mol. The van der Waals surface area contributed by atoms with Crippen molar-refractivity contribution in [2.45, 2.75) is 129 Å². The molecule has 0 aromatic heterocycles. The van der Waals surface area contributed by atoms with Gasteiger partial charge in [-0.2, -0.15) is 0 Å². The summed E-state index contributed by atoms with van der Waals surface area (Å²) in [6.07, 6.45) is 5.45. The molecule has 3 fully saturated rings. The molecule has 0 saturated heterocycles. The Morgan fingerprint density at radius 2 is 1.87 bits per heavy atom. The Kier molecular flexibility index (Phi) is 8.14. The second kappa shape index (κ2) is 10.4. The minimum atomic E-state index is -1.32. The maximum absolute atomic E-state index is 14.2. The van der Waals surface area contributed by atoms with E-state index in [4.69, 9.17) is 4.74 Å². The van der Waals surface area contributed by atoms with E-state index in [0.29, 0.717) is 37.9 Å². The van der Waals surface area contributed by atoms with Gasteiger partial charge in [-0.15, -0.1) is 6.58 Å². The molecule has 3 saturated carbocycles. The van der Waals surface area contributed by atoms with Crippen molar-refractivity contribution in [3.05, 3.63) is 36.1 Å². The Bertz CT molecular complexity index is 1020. The third-order valence-corrected chi connectivity index (χ3v) is 11.2. The van der Waals surface area contributed by atoms with Crippen molar-refractivity contribution < 1.29 is 30.0 Å². The number of carbonyl (C=O) groups is 1. The van der Waals surface area contributed by atoms with Crippen LogP contribution >= 0.6 is 0 Å². The zero-order valence-corrected chi connectivity index (χ0v) is 25.0. The molecule has 0 aliphatic heterocycles. The summed E-state index contributed by atoms with van der Waals surface area (Å²) in [6.45, 7) is 19.3. The first-order valence-electron chi connectivity index (χ1n) is 15.0. The van der Waals surface area contributed by atoms with Crippen LogP contribution in [0, 0.1) is 34.5 Å². The third kappa shape index (κ3) is 5.20. The second-order valence-corrected chi connectivity index (χ2v) is 14.5. The summed E-state index contributed by atoms with van der Waals surface area (Å²) in [4.78, 5) is 14.2. The molecule has 220 valence electrons. The standard InChI is InChI=1S/C33H52O6/c1-9-10-20-28-21-11-12-26(33(8,38)27(35)14-15-30(4,5)37)31(21,6)16-13-22(28)32(7)18-25(39-19(2)3)24(34)17-23(32)29(20)36/h9,20,22-27,34-35,37-38H,1-2,10-18H2,3-8H3/t20-,22-,23-,24+,25?,26-,27+,31-,32+,33+/m0/s1. The van der Waals surface area contributed by atoms with Gasteiger partial charge in [0.25, 0.3) is 0 Å². The molecule has 4 aliphatic rings. The summed E-state index contributed by atoms with van der Waals surface area (Å²) in [7, 11) is 0. The van der Waals surface area contributed by atoms with Gasteiger partial charge in [0, 0.05) is 11.8 Å². The molecule has 6 heteroatoms. The highest BCUT2D eigenvalue weighted by atomic mass is 16.5. The van der Waals surface area contributed by atoms with Gasteiger partial charge in [0.05, 0.1) is 29.2 Å². The lowest BCUT2D eigenvalue weighted by atomic mass is 9.45. The van der Waals surface area contributed by atoms with Crippen LogP contribution in [0.2, 0.25) is 0 Å². The Morgan fingerprint density at radius 1 is 1.21 bits per heavy atom. The summed E-state index contributed by atoms with van der Waals surface area (Å²) < 4.78 is 5.98. The Balaban J connectivity index is 1.74. The van der Waals surface area contributed by atoms with Crippen LogP contribution in [0.25, 0.3) is 0 Å². The summed E-state index contributed by atoms with van der Waals surface area (Å²) >= 11 is 0. The fraction of sp³-hybridized carbons (Fsp3) is 0.788. The van der Waals surface area contributed by atoms with E-state index in [-0.39, 0.29) is 46.4 Å². The van der Waals surface area contributed by atoms with Gasteiger partial charge in [0.2, 0.25) is 0 Å². The largest absolute Gasteiger partial charge is 0.493 e. The number of ether oxygens (including phenoxy) is 1. The molecular formula is C33H52O6. The van der Waals surface area contributed by atoms with Crippen LogP contribution in [0.4, 0.5) is 0 Å². The molecule has 0 aromatic carbocycles. The number of rotatable bonds is 9. The van der Waals surface area contributed by atoms with Crippen molar-refractivity contribution >= 4 is 5.78 Å². The molecule has 1 unspecified atom stereocenters. The van der Waals surface area contributed by atoms with Crippen LogP contribution in [-0.4, -0.2) is 55.7 Å². The molecule has 10 atom stereocenters. The maximum atomic E-state index is 14.2. The lowest BCUT2D eigenvalue weighted by Gasteiger charge is -2.59. The van der Waals surface area contributed by atoms with Crippen LogP contribution in [0.1, 0.15) is 99.3 Å². The molecule has 0 spiro atoms. The summed E-state index contributed by atoms with van der Waals surface area (Å²) in [6, 6.07) is 0. The van der Waals surface area contributed by atoms with E-state index in [1.54, 1.807) is 27.7 Å². The molecule has 4 aliphatic carbocycles. The Hall–Kier alpha value is -1.47. The third-order valence-electron chi connectivity index (χ3n) is 11.2. The van der Waals surface area contributed by atoms with Gasteiger partial charge < -0.3 is 25.2 Å². The fourth-order valence-electron chi connectivity index (χ4n) is 9.19. The quantitative estimate of drug-likeness (QED) is 0.234. The first-order chi connectivity index (χ1) is 18.0. The van der Waals surface area contributed by atoms with Gasteiger partial charge in [-0.05, 0) is 108 Å². The lowest BCUT2D eigenvalue weighted by Crippen LogP contribution is -2.59. The zero-order chi connectivity index (χ0) is 29.1. The van der Waals surface area contributed by atoms with Crippen molar-refractivity contribution in [2.75, 3.05) is 0 Å². The van der Waals surface area contributed by atoms with Crippen LogP contribution in [-0.2, 0) is 9.53 Å². The van der Waals surface area contributed by atoms with E-state index in [9.17, 15) is 25.2 Å². The van der Waals surface area contributed by atoms with Gasteiger partial charge >= 0.3 is 0 Å². The number of carbonyl (C=O) groups excluding carboxylic acids is 1. The minimum Gasteiger partial charge on any atom is -0.493 e. The van der Waals surface area contributed by atoms with Crippen molar-refractivity contribution in [2.24, 2.45) is 34.5 Å². The monoisotopic (exact) mass is 544 g/mol. The number of fused-ring (bicyclic) bond motifs is 4. The molecule has 0 radical (unpaired) electrons. The molecule has 4 rings (SSSR count). The SMILES string of the molecule is C=CC[C@@H]1C(=O)[C@@H]2C[C@@H](O)C(OC(=C)C)C[C@]2(C)[C@H]2CC[C@@]3(C)C(=C12)CC[C@@H]3[C@@](C)(O)[C@H](O)CCC(C)(C)O. The van der Waals surface area contributed by atoms with E-state index in [0.717, 1.165) is 25.7 Å². The first kappa shape index (κ1) is 30.5. The van der Waals surface area contributed by atoms with Crippen molar-refractivity contribution in [3.63, 3.8) is 0 Å². The highest BCUT2D eigenvalue weighted by molar-refractivity contribution is 5.89. The number of aliphatic hydroxyl groups excluding tert-OH is 2. The number of aliphatic hydroxyl groups is 4. The number of Topliss-reactive ketones (excluding diaryl/α,β-unsaturated/α-hetero) is 1. The van der Waals surface area contributed by atoms with Crippen LogP contribution in [0.3, 0.4) is 0 Å². The number of hydrogen-bond acceptors (Lipinski definition) is 6. The van der Waals surface area contributed by atoms with Gasteiger partial charge in [-0.3, -0.25) is 4.79 Å². The summed E-state index contributed by atoms with van der Waals surface area (Å²) in [5, 5.41) is 44.1. The highest BCUT2D eigenvalue weighted by Crippen LogP contribution is 2.67. The second-order valence-electron chi connectivity index (χ2n) is 14.5.